The summed E-state index contributed by atoms with van der Waals surface area (Å²) >= 11 is 0. The number of halogens is 1. The molecule has 0 aliphatic heterocycles. The van der Waals surface area contributed by atoms with E-state index >= 15 is 0 Å². The van der Waals surface area contributed by atoms with Gasteiger partial charge in [0.15, 0.2) is 0 Å². The van der Waals surface area contributed by atoms with Gasteiger partial charge < -0.3 is 4.74 Å². The van der Waals surface area contributed by atoms with Gasteiger partial charge in [-0.1, -0.05) is 18.2 Å². The lowest BCUT2D eigenvalue weighted by Gasteiger charge is -2.05. The van der Waals surface area contributed by atoms with Gasteiger partial charge in [0.25, 0.3) is 0 Å². The minimum absolute atomic E-state index is 0.336. The Balaban J connectivity index is 1.80. The van der Waals surface area contributed by atoms with E-state index in [0.29, 0.717) is 17.7 Å². The van der Waals surface area contributed by atoms with Crippen LogP contribution in [0.2, 0.25) is 0 Å². The van der Waals surface area contributed by atoms with Crippen LogP contribution in [-0.2, 0) is 16.0 Å². The van der Waals surface area contributed by atoms with Gasteiger partial charge in [0, 0.05) is 24.0 Å². The number of hydrogen-bond donors (Lipinski definition) is 0. The maximum absolute atomic E-state index is 13.6. The molecule has 1 aromatic carbocycles. The molecule has 1 heterocycles. The van der Waals surface area contributed by atoms with Crippen LogP contribution in [0.4, 0.5) is 4.39 Å². The van der Waals surface area contributed by atoms with Crippen molar-refractivity contribution in [1.29, 1.82) is 0 Å². The highest BCUT2D eigenvalue weighted by atomic mass is 19.1. The number of nitrogens with zero attached hydrogens (tertiary/aromatic N) is 1. The Morgan fingerprint density at radius 2 is 1.95 bits per heavy atom. The predicted octanol–water partition coefficient (Wildman–Crippen LogP) is 3.80. The van der Waals surface area contributed by atoms with E-state index in [2.05, 4.69) is 4.98 Å². The first-order chi connectivity index (χ1) is 10.7. The first-order valence-corrected chi connectivity index (χ1v) is 7.15. The lowest BCUT2D eigenvalue weighted by molar-refractivity contribution is -0.137. The molecule has 0 amide bonds. The number of esters is 1. The molecule has 2 rings (SSSR count). The van der Waals surface area contributed by atoms with Crippen LogP contribution < -0.4 is 0 Å². The van der Waals surface area contributed by atoms with Gasteiger partial charge in [-0.15, -0.1) is 0 Å². The molecule has 0 saturated heterocycles. The molecule has 0 N–H and O–H groups in total. The molecule has 0 spiro atoms. The maximum atomic E-state index is 13.6. The zero-order valence-electron chi connectivity index (χ0n) is 12.5. The van der Waals surface area contributed by atoms with Crippen LogP contribution in [0.1, 0.15) is 24.5 Å². The topological polar surface area (TPSA) is 39.2 Å². The fourth-order valence-electron chi connectivity index (χ4n) is 2.08. The van der Waals surface area contributed by atoms with Crippen LogP contribution in [0, 0.1) is 5.82 Å². The van der Waals surface area contributed by atoms with Gasteiger partial charge in [-0.25, -0.2) is 9.18 Å². The van der Waals surface area contributed by atoms with E-state index in [-0.39, 0.29) is 5.82 Å². The fraction of sp³-hybridized carbons (Fsp3) is 0.222. The van der Waals surface area contributed by atoms with Gasteiger partial charge in [0.1, 0.15) is 5.82 Å². The zero-order chi connectivity index (χ0) is 15.8. The molecule has 2 aromatic rings. The summed E-state index contributed by atoms with van der Waals surface area (Å²) in [4.78, 5) is 15.7. The summed E-state index contributed by atoms with van der Waals surface area (Å²) in [5, 5.41) is 0. The van der Waals surface area contributed by atoms with E-state index < -0.39 is 5.97 Å². The number of carbonyl (C=O) groups excluding carboxylic acids is 1. The van der Waals surface area contributed by atoms with E-state index in [1.165, 1.54) is 12.1 Å². The molecule has 22 heavy (non-hydrogen) atoms. The van der Waals surface area contributed by atoms with Crippen LogP contribution in [0.3, 0.4) is 0 Å². The SMILES string of the molecule is CC(=CC(=O)OCCCc1ccncc1)c1ccccc1F. The Labute approximate surface area is 129 Å². The van der Waals surface area contributed by atoms with Crippen molar-refractivity contribution in [1.82, 2.24) is 4.98 Å². The predicted molar refractivity (Wildman–Crippen MR) is 83.6 cm³/mol. The number of carbonyl (C=O) groups is 1. The zero-order valence-corrected chi connectivity index (χ0v) is 12.5. The summed E-state index contributed by atoms with van der Waals surface area (Å²) in [6.45, 7) is 2.03. The second-order valence-electron chi connectivity index (χ2n) is 4.93. The average Bonchev–Trinajstić information content (AvgIpc) is 2.53. The first kappa shape index (κ1) is 15.9. The van der Waals surface area contributed by atoms with Crippen molar-refractivity contribution < 1.29 is 13.9 Å². The van der Waals surface area contributed by atoms with E-state index in [1.807, 2.05) is 12.1 Å². The summed E-state index contributed by atoms with van der Waals surface area (Å²) < 4.78 is 18.7. The monoisotopic (exact) mass is 299 g/mol. The number of aromatic nitrogens is 1. The number of allylic oxidation sites excluding steroid dienone is 1. The van der Waals surface area contributed by atoms with Crippen molar-refractivity contribution in [2.75, 3.05) is 6.61 Å². The van der Waals surface area contributed by atoms with Crippen LogP contribution in [0.25, 0.3) is 5.57 Å². The van der Waals surface area contributed by atoms with Gasteiger partial charge in [0.05, 0.1) is 6.61 Å². The Kier molecular flexibility index (Phi) is 5.83. The van der Waals surface area contributed by atoms with E-state index in [9.17, 15) is 9.18 Å². The molecular formula is C18H18FNO2. The third-order valence-electron chi connectivity index (χ3n) is 3.24. The largest absolute Gasteiger partial charge is 0.463 e. The lowest BCUT2D eigenvalue weighted by Crippen LogP contribution is -2.04. The van der Waals surface area contributed by atoms with Crippen molar-refractivity contribution in [3.63, 3.8) is 0 Å². The van der Waals surface area contributed by atoms with Crippen molar-refractivity contribution in [3.05, 3.63) is 71.8 Å². The van der Waals surface area contributed by atoms with Crippen LogP contribution >= 0.6 is 0 Å². The number of aryl methyl sites for hydroxylation is 1. The van der Waals surface area contributed by atoms with Gasteiger partial charge in [-0.05, 0) is 49.1 Å². The third-order valence-corrected chi connectivity index (χ3v) is 3.24. The Hall–Kier alpha value is -2.49. The second kappa shape index (κ2) is 8.08. The highest BCUT2D eigenvalue weighted by Gasteiger charge is 2.06. The van der Waals surface area contributed by atoms with E-state index in [4.69, 9.17) is 4.74 Å². The number of pyridine rings is 1. The normalized spacial score (nSPS) is 11.3. The fourth-order valence-corrected chi connectivity index (χ4v) is 2.08. The van der Waals surface area contributed by atoms with Gasteiger partial charge in [-0.3, -0.25) is 4.98 Å². The number of hydrogen-bond acceptors (Lipinski definition) is 3. The minimum Gasteiger partial charge on any atom is -0.463 e. The van der Waals surface area contributed by atoms with Crippen LogP contribution in [-0.4, -0.2) is 17.6 Å². The summed E-state index contributed by atoms with van der Waals surface area (Å²) in [5.74, 6) is -0.794. The highest BCUT2D eigenvalue weighted by molar-refractivity contribution is 5.90. The Bertz CT molecular complexity index is 653. The van der Waals surface area contributed by atoms with E-state index in [0.717, 1.165) is 18.4 Å². The van der Waals surface area contributed by atoms with Crippen LogP contribution in [0.5, 0.6) is 0 Å². The molecular weight excluding hydrogens is 281 g/mol. The first-order valence-electron chi connectivity index (χ1n) is 7.15. The highest BCUT2D eigenvalue weighted by Crippen LogP contribution is 2.17. The Morgan fingerprint density at radius 1 is 1.23 bits per heavy atom. The molecule has 0 fully saturated rings. The van der Waals surface area contributed by atoms with Crippen molar-refractivity contribution in [2.45, 2.75) is 19.8 Å². The molecule has 0 saturated carbocycles. The smallest absolute Gasteiger partial charge is 0.331 e. The number of rotatable bonds is 6. The number of ether oxygens (including phenoxy) is 1. The summed E-state index contributed by atoms with van der Waals surface area (Å²) in [6, 6.07) is 10.2. The molecule has 0 bridgehead atoms. The van der Waals surface area contributed by atoms with Gasteiger partial charge in [-0.2, -0.15) is 0 Å². The standard InChI is InChI=1S/C18H18FNO2/c1-14(16-6-2-3-7-17(16)19)13-18(21)22-12-4-5-15-8-10-20-11-9-15/h2-3,6-11,13H,4-5,12H2,1H3. The molecule has 0 aliphatic carbocycles. The van der Waals surface area contributed by atoms with Crippen LogP contribution in [0.15, 0.2) is 54.9 Å². The quantitative estimate of drug-likeness (QED) is 0.463. The third kappa shape index (κ3) is 4.81. The van der Waals surface area contributed by atoms with Crippen molar-refractivity contribution >= 4 is 11.5 Å². The molecule has 3 nitrogen and oxygen atoms in total. The summed E-state index contributed by atoms with van der Waals surface area (Å²) in [6.07, 6.45) is 6.36. The van der Waals surface area contributed by atoms with E-state index in [1.54, 1.807) is 37.5 Å². The summed E-state index contributed by atoms with van der Waals surface area (Å²) in [7, 11) is 0. The number of benzene rings is 1. The molecule has 1 aromatic heterocycles. The minimum atomic E-state index is -0.449. The molecule has 4 heteroatoms. The molecule has 0 aliphatic rings. The van der Waals surface area contributed by atoms with Gasteiger partial charge in [0.2, 0.25) is 0 Å². The molecule has 114 valence electrons. The summed E-state index contributed by atoms with van der Waals surface area (Å²) in [5.41, 5.74) is 2.12. The molecule has 0 atom stereocenters. The maximum Gasteiger partial charge on any atom is 0.331 e. The van der Waals surface area contributed by atoms with Gasteiger partial charge >= 0.3 is 5.97 Å². The second-order valence-corrected chi connectivity index (χ2v) is 4.93. The van der Waals surface area contributed by atoms with Crippen molar-refractivity contribution in [3.8, 4) is 0 Å². The molecule has 0 radical (unpaired) electrons. The lowest BCUT2D eigenvalue weighted by atomic mass is 10.1. The Morgan fingerprint density at radius 3 is 2.68 bits per heavy atom. The van der Waals surface area contributed by atoms with Crippen molar-refractivity contribution in [2.24, 2.45) is 0 Å². The average molecular weight is 299 g/mol. The molecule has 0 unspecified atom stereocenters.